The van der Waals surface area contributed by atoms with Crippen molar-refractivity contribution in [1.82, 2.24) is 4.57 Å². The van der Waals surface area contributed by atoms with E-state index in [1.54, 1.807) is 28.8 Å². The molecule has 0 amide bonds. The largest absolute Gasteiger partial charge is 0.457 e. The van der Waals surface area contributed by atoms with Gasteiger partial charge in [0.25, 0.3) is 11.2 Å². The maximum atomic E-state index is 14.0. The third-order valence-electron chi connectivity index (χ3n) is 7.66. The van der Waals surface area contributed by atoms with E-state index < -0.39 is 4.92 Å². The Hall–Kier alpha value is -4.53. The van der Waals surface area contributed by atoms with E-state index in [1.165, 1.54) is 29.0 Å². The van der Waals surface area contributed by atoms with Crippen LogP contribution in [0.5, 0.6) is 0 Å². The van der Waals surface area contributed by atoms with Crippen LogP contribution in [-0.2, 0) is 6.42 Å². The third kappa shape index (κ3) is 4.36. The Morgan fingerprint density at radius 3 is 2.66 bits per heavy atom. The zero-order valence-corrected chi connectivity index (χ0v) is 23.4. The topological polar surface area (TPSA) is 90.6 Å². The number of thiazole rings is 1. The van der Waals surface area contributed by atoms with Gasteiger partial charge in [0, 0.05) is 34.4 Å². The van der Waals surface area contributed by atoms with Crippen molar-refractivity contribution in [3.05, 3.63) is 147 Å². The van der Waals surface area contributed by atoms with Crippen LogP contribution in [0.3, 0.4) is 0 Å². The first-order valence-corrected chi connectivity index (χ1v) is 14.3. The summed E-state index contributed by atoms with van der Waals surface area (Å²) in [6, 6.07) is 23.9. The van der Waals surface area contributed by atoms with Crippen LogP contribution in [0.25, 0.3) is 23.1 Å². The van der Waals surface area contributed by atoms with E-state index in [9.17, 15) is 14.9 Å². The normalized spacial score (nSPS) is 16.1. The van der Waals surface area contributed by atoms with Crippen molar-refractivity contribution in [1.29, 1.82) is 0 Å². The van der Waals surface area contributed by atoms with Crippen molar-refractivity contribution < 1.29 is 9.34 Å². The molecule has 0 saturated heterocycles. The van der Waals surface area contributed by atoms with Gasteiger partial charge in [-0.05, 0) is 66.3 Å². The van der Waals surface area contributed by atoms with Crippen molar-refractivity contribution in [3.63, 3.8) is 0 Å². The number of fused-ring (bicyclic) bond motifs is 3. The first-order valence-electron chi connectivity index (χ1n) is 13.1. The number of benzene rings is 3. The van der Waals surface area contributed by atoms with Crippen LogP contribution in [0, 0.1) is 17.0 Å². The Labute approximate surface area is 243 Å². The van der Waals surface area contributed by atoms with Crippen molar-refractivity contribution in [2.24, 2.45) is 4.99 Å². The highest BCUT2D eigenvalue weighted by molar-refractivity contribution is 7.07. The van der Waals surface area contributed by atoms with Crippen molar-refractivity contribution >= 4 is 40.4 Å². The summed E-state index contributed by atoms with van der Waals surface area (Å²) >= 11 is 7.54. The molecule has 5 aromatic rings. The van der Waals surface area contributed by atoms with Gasteiger partial charge >= 0.3 is 0 Å². The lowest BCUT2D eigenvalue weighted by molar-refractivity contribution is -0.384. The second kappa shape index (κ2) is 9.83. The van der Waals surface area contributed by atoms with E-state index in [0.29, 0.717) is 31.4 Å². The molecule has 0 saturated carbocycles. The van der Waals surface area contributed by atoms with E-state index in [1.807, 2.05) is 43.3 Å². The standard InChI is InChI=1S/C32H22ClN3O4S/c1-18-6-12-22(36(38)39)16-26(18)27-15-13-23(40-27)17-28-31(37)35-30(20-7-10-21(33)11-8-20)25-14-9-19-4-2-3-5-24(19)29(25)34-32(35)41-28/h2-8,10-13,15-17,30H,9,14H2,1H3/b28-17+/t30-/m0/s1. The molecular formula is C32H22ClN3O4S. The van der Waals surface area contributed by atoms with Crippen LogP contribution in [0.2, 0.25) is 5.02 Å². The number of aromatic nitrogens is 1. The molecule has 2 aromatic heterocycles. The van der Waals surface area contributed by atoms with Gasteiger partial charge in [-0.2, -0.15) is 0 Å². The van der Waals surface area contributed by atoms with E-state index in [2.05, 4.69) is 12.1 Å². The first-order chi connectivity index (χ1) is 19.9. The molecule has 0 fully saturated rings. The molecule has 0 N–H and O–H groups in total. The number of hydrogen-bond donors (Lipinski definition) is 0. The second-order valence-corrected chi connectivity index (χ2v) is 11.6. The highest BCUT2D eigenvalue weighted by atomic mass is 35.5. The summed E-state index contributed by atoms with van der Waals surface area (Å²) in [4.78, 5) is 30.5. The molecule has 41 heavy (non-hydrogen) atoms. The average molecular weight is 580 g/mol. The summed E-state index contributed by atoms with van der Waals surface area (Å²) in [5.41, 5.74) is 6.71. The monoisotopic (exact) mass is 579 g/mol. The Balaban J connectivity index is 1.38. The van der Waals surface area contributed by atoms with Crippen LogP contribution in [0.15, 0.2) is 98.6 Å². The highest BCUT2D eigenvalue weighted by Crippen LogP contribution is 2.41. The molecule has 9 heteroatoms. The number of rotatable bonds is 4. The zero-order valence-electron chi connectivity index (χ0n) is 21.8. The maximum absolute atomic E-state index is 14.0. The minimum Gasteiger partial charge on any atom is -0.457 e. The summed E-state index contributed by atoms with van der Waals surface area (Å²) in [5, 5.41) is 11.9. The summed E-state index contributed by atoms with van der Waals surface area (Å²) < 4.78 is 8.34. The zero-order chi connectivity index (χ0) is 28.2. The fraction of sp³-hybridized carbons (Fsp3) is 0.125. The van der Waals surface area contributed by atoms with Gasteiger partial charge in [0.2, 0.25) is 0 Å². The van der Waals surface area contributed by atoms with Gasteiger partial charge in [-0.1, -0.05) is 65.4 Å². The Bertz CT molecular complexity index is 2090. The number of furan rings is 1. The number of nitro groups is 1. The van der Waals surface area contributed by atoms with Gasteiger partial charge in [0.05, 0.1) is 21.2 Å². The lowest BCUT2D eigenvalue weighted by atomic mass is 9.83. The molecule has 0 radical (unpaired) electrons. The van der Waals surface area contributed by atoms with Crippen molar-refractivity contribution in [3.8, 4) is 11.3 Å². The van der Waals surface area contributed by atoms with Gasteiger partial charge in [-0.15, -0.1) is 0 Å². The molecule has 202 valence electrons. The fourth-order valence-corrected chi connectivity index (χ4v) is 6.77. The molecule has 0 bridgehead atoms. The SMILES string of the molecule is Cc1ccc([N+](=O)[O-])cc1-c1ccc(/C=c2/sc3n(c2=O)[C@@H](c2ccc(Cl)cc2)C2=C(N=3)c3ccccc3CC2)o1. The number of nitrogens with zero attached hydrogens (tertiary/aromatic N) is 3. The van der Waals surface area contributed by atoms with Gasteiger partial charge < -0.3 is 4.42 Å². The third-order valence-corrected chi connectivity index (χ3v) is 8.89. The number of aryl methyl sites for hydroxylation is 2. The summed E-state index contributed by atoms with van der Waals surface area (Å²) in [6.07, 6.45) is 3.40. The summed E-state index contributed by atoms with van der Waals surface area (Å²) in [7, 11) is 0. The first kappa shape index (κ1) is 25.4. The molecule has 0 spiro atoms. The summed E-state index contributed by atoms with van der Waals surface area (Å²) in [5.74, 6) is 0.977. The van der Waals surface area contributed by atoms with Crippen LogP contribution in [0.1, 0.15) is 40.5 Å². The smallest absolute Gasteiger partial charge is 0.271 e. The molecule has 7 rings (SSSR count). The van der Waals surface area contributed by atoms with E-state index in [0.717, 1.165) is 40.8 Å². The highest BCUT2D eigenvalue weighted by Gasteiger charge is 2.32. The average Bonchev–Trinajstić information content (AvgIpc) is 3.56. The number of non-ortho nitro benzene ring substituents is 1. The number of halogens is 1. The molecule has 1 aliphatic heterocycles. The minimum absolute atomic E-state index is 0.00963. The van der Waals surface area contributed by atoms with Gasteiger partial charge in [-0.25, -0.2) is 4.99 Å². The molecule has 1 aliphatic carbocycles. The van der Waals surface area contributed by atoms with Crippen LogP contribution < -0.4 is 14.9 Å². The predicted molar refractivity (Wildman–Crippen MR) is 160 cm³/mol. The van der Waals surface area contributed by atoms with Crippen LogP contribution >= 0.6 is 22.9 Å². The number of nitro benzene ring substituents is 1. The van der Waals surface area contributed by atoms with Gasteiger partial charge in [0.1, 0.15) is 11.5 Å². The molecule has 2 aliphatic rings. The molecular weight excluding hydrogens is 558 g/mol. The maximum Gasteiger partial charge on any atom is 0.271 e. The van der Waals surface area contributed by atoms with Crippen LogP contribution in [-0.4, -0.2) is 9.49 Å². The second-order valence-electron chi connectivity index (χ2n) is 10.1. The fourth-order valence-electron chi connectivity index (χ4n) is 5.66. The Morgan fingerprint density at radius 1 is 1.05 bits per heavy atom. The number of allylic oxidation sites excluding steroid dienone is 1. The molecule has 1 atom stereocenters. The van der Waals surface area contributed by atoms with Gasteiger partial charge in [-0.3, -0.25) is 19.5 Å². The Kier molecular flexibility index (Phi) is 6.10. The lowest BCUT2D eigenvalue weighted by Crippen LogP contribution is -2.38. The summed E-state index contributed by atoms with van der Waals surface area (Å²) in [6.45, 7) is 1.87. The van der Waals surface area contributed by atoms with Crippen molar-refractivity contribution in [2.75, 3.05) is 0 Å². The van der Waals surface area contributed by atoms with Crippen molar-refractivity contribution in [2.45, 2.75) is 25.8 Å². The molecule has 7 nitrogen and oxygen atoms in total. The number of hydrogen-bond acceptors (Lipinski definition) is 6. The molecule has 0 unspecified atom stereocenters. The molecule has 3 heterocycles. The van der Waals surface area contributed by atoms with E-state index in [-0.39, 0.29) is 17.3 Å². The van der Waals surface area contributed by atoms with Gasteiger partial charge in [0.15, 0.2) is 4.80 Å². The quantitative estimate of drug-likeness (QED) is 0.181. The van der Waals surface area contributed by atoms with E-state index >= 15 is 0 Å². The van der Waals surface area contributed by atoms with E-state index in [4.69, 9.17) is 21.0 Å². The minimum atomic E-state index is -0.428. The predicted octanol–water partition coefficient (Wildman–Crippen LogP) is 6.45. The van der Waals surface area contributed by atoms with Crippen LogP contribution in [0.4, 0.5) is 5.69 Å². The lowest BCUT2D eigenvalue weighted by Gasteiger charge is -2.30. The molecule has 3 aromatic carbocycles. The Morgan fingerprint density at radius 2 is 1.85 bits per heavy atom.